The van der Waals surface area contributed by atoms with Gasteiger partial charge in [-0.15, -0.1) is 0 Å². The summed E-state index contributed by atoms with van der Waals surface area (Å²) in [4.78, 5) is 11.3. The molecule has 0 unspecified atom stereocenters. The minimum Gasteiger partial charge on any atom is -0.314 e. The van der Waals surface area contributed by atoms with Crippen molar-refractivity contribution in [2.45, 2.75) is 12.8 Å². The molecule has 1 aliphatic heterocycles. The van der Waals surface area contributed by atoms with Crippen LogP contribution in [-0.4, -0.2) is 11.9 Å². The third-order valence-corrected chi connectivity index (χ3v) is 6.73. The lowest BCUT2D eigenvalue weighted by molar-refractivity contribution is 0.101. The molecule has 0 saturated carbocycles. The fourth-order valence-corrected chi connectivity index (χ4v) is 5.29. The second-order valence-corrected chi connectivity index (χ2v) is 8.21. The highest BCUT2D eigenvalue weighted by Crippen LogP contribution is 2.54. The summed E-state index contributed by atoms with van der Waals surface area (Å²) in [6.07, 6.45) is 2.67. The minimum atomic E-state index is -2.42. The van der Waals surface area contributed by atoms with Crippen LogP contribution in [0.25, 0.3) is 0 Å². The molecule has 0 amide bonds. The number of ketones is 1. The average molecular weight is 296 g/mol. The second-order valence-electron chi connectivity index (χ2n) is 5.44. The molecule has 3 heteroatoms. The van der Waals surface area contributed by atoms with Crippen molar-refractivity contribution in [1.29, 1.82) is 0 Å². The zero-order chi connectivity index (χ0) is 14.9. The van der Waals surface area contributed by atoms with Gasteiger partial charge in [0.05, 0.1) is 0 Å². The molecule has 0 saturated heterocycles. The lowest BCUT2D eigenvalue weighted by Crippen LogP contribution is -2.06. The van der Waals surface area contributed by atoms with Gasteiger partial charge in [-0.2, -0.15) is 0 Å². The quantitative estimate of drug-likeness (QED) is 0.628. The van der Waals surface area contributed by atoms with Crippen molar-refractivity contribution < 1.29 is 9.36 Å². The SMILES string of the molecule is CC(=O)c1ccc([C@@H]2C=C[P@@](=O)(c3ccccc3)C2)cc1. The molecule has 1 aliphatic rings. The van der Waals surface area contributed by atoms with E-state index in [0.29, 0.717) is 11.7 Å². The predicted molar refractivity (Wildman–Crippen MR) is 86.9 cm³/mol. The molecule has 0 N–H and O–H groups in total. The number of allylic oxidation sites excluding steroid dienone is 1. The van der Waals surface area contributed by atoms with Crippen LogP contribution in [0.3, 0.4) is 0 Å². The van der Waals surface area contributed by atoms with Crippen molar-refractivity contribution in [2.24, 2.45) is 0 Å². The Morgan fingerprint density at radius 2 is 1.71 bits per heavy atom. The molecule has 3 rings (SSSR count). The van der Waals surface area contributed by atoms with Crippen LogP contribution in [0.1, 0.15) is 28.8 Å². The van der Waals surface area contributed by atoms with Crippen LogP contribution in [0.15, 0.2) is 66.5 Å². The van der Waals surface area contributed by atoms with E-state index < -0.39 is 7.14 Å². The molecule has 2 aromatic carbocycles. The summed E-state index contributed by atoms with van der Waals surface area (Å²) in [5, 5.41) is 0.920. The van der Waals surface area contributed by atoms with Gasteiger partial charge in [-0.25, -0.2) is 0 Å². The Hall–Kier alpha value is -1.92. The van der Waals surface area contributed by atoms with Crippen LogP contribution in [0.5, 0.6) is 0 Å². The highest BCUT2D eigenvalue weighted by atomic mass is 31.2. The lowest BCUT2D eigenvalue weighted by Gasteiger charge is -2.14. The molecule has 0 aliphatic carbocycles. The van der Waals surface area contributed by atoms with Crippen LogP contribution in [-0.2, 0) is 4.57 Å². The van der Waals surface area contributed by atoms with Gasteiger partial charge in [0.1, 0.15) is 7.14 Å². The summed E-state index contributed by atoms with van der Waals surface area (Å²) in [6.45, 7) is 1.56. The number of carbonyl (C=O) groups excluding carboxylic acids is 1. The normalized spacial score (nSPS) is 24.1. The van der Waals surface area contributed by atoms with Crippen molar-refractivity contribution in [1.82, 2.24) is 0 Å². The van der Waals surface area contributed by atoms with E-state index >= 15 is 0 Å². The maximum Gasteiger partial charge on any atom is 0.159 e. The van der Waals surface area contributed by atoms with Gasteiger partial charge in [0.2, 0.25) is 0 Å². The zero-order valence-electron chi connectivity index (χ0n) is 11.9. The second kappa shape index (κ2) is 5.46. The van der Waals surface area contributed by atoms with Crippen molar-refractivity contribution in [3.05, 3.63) is 77.6 Å². The van der Waals surface area contributed by atoms with E-state index in [1.165, 1.54) is 0 Å². The smallest absolute Gasteiger partial charge is 0.159 e. The van der Waals surface area contributed by atoms with Crippen LogP contribution in [0.4, 0.5) is 0 Å². The molecule has 0 radical (unpaired) electrons. The van der Waals surface area contributed by atoms with Gasteiger partial charge in [-0.3, -0.25) is 4.79 Å². The standard InChI is InChI=1S/C18H17O2P/c1-14(19)15-7-9-16(10-8-15)17-11-12-21(20,13-17)18-5-3-2-4-6-18/h2-12,17H,13H2,1H3/t17-,21+/m1/s1. The highest BCUT2D eigenvalue weighted by molar-refractivity contribution is 7.74. The first-order valence-electron chi connectivity index (χ1n) is 7.03. The lowest BCUT2D eigenvalue weighted by atomic mass is 9.99. The van der Waals surface area contributed by atoms with Gasteiger partial charge in [0.25, 0.3) is 0 Å². The Kier molecular flexibility index (Phi) is 3.65. The maximum atomic E-state index is 13.0. The van der Waals surface area contributed by atoms with Gasteiger partial charge in [-0.1, -0.05) is 60.7 Å². The minimum absolute atomic E-state index is 0.0680. The van der Waals surface area contributed by atoms with Crippen LogP contribution < -0.4 is 5.30 Å². The average Bonchev–Trinajstić information content (AvgIpc) is 2.92. The molecule has 21 heavy (non-hydrogen) atoms. The van der Waals surface area contributed by atoms with E-state index in [1.807, 2.05) is 66.5 Å². The summed E-state index contributed by atoms with van der Waals surface area (Å²) in [7, 11) is -2.42. The van der Waals surface area contributed by atoms with Gasteiger partial charge in [0, 0.05) is 22.9 Å². The van der Waals surface area contributed by atoms with E-state index in [0.717, 1.165) is 10.9 Å². The summed E-state index contributed by atoms with van der Waals surface area (Å²) >= 11 is 0. The molecule has 0 aromatic heterocycles. The molecule has 2 nitrogen and oxygen atoms in total. The number of carbonyl (C=O) groups is 1. The number of benzene rings is 2. The van der Waals surface area contributed by atoms with E-state index in [1.54, 1.807) is 6.92 Å². The number of rotatable bonds is 3. The summed E-state index contributed by atoms with van der Waals surface area (Å²) in [5.41, 5.74) is 1.83. The van der Waals surface area contributed by atoms with Gasteiger partial charge in [0.15, 0.2) is 5.78 Å². The van der Waals surface area contributed by atoms with E-state index in [9.17, 15) is 9.36 Å². The summed E-state index contributed by atoms with van der Waals surface area (Å²) < 4.78 is 13.0. The van der Waals surface area contributed by atoms with Crippen LogP contribution in [0, 0.1) is 0 Å². The molecule has 2 aromatic rings. The molecule has 2 atom stereocenters. The van der Waals surface area contributed by atoms with Gasteiger partial charge < -0.3 is 4.57 Å². The van der Waals surface area contributed by atoms with E-state index in [-0.39, 0.29) is 11.7 Å². The fraction of sp³-hybridized carbons (Fsp3) is 0.167. The Labute approximate surface area is 124 Å². The van der Waals surface area contributed by atoms with Gasteiger partial charge >= 0.3 is 0 Å². The maximum absolute atomic E-state index is 13.0. The zero-order valence-corrected chi connectivity index (χ0v) is 12.8. The largest absolute Gasteiger partial charge is 0.314 e. The third kappa shape index (κ3) is 2.77. The van der Waals surface area contributed by atoms with Crippen LogP contribution >= 0.6 is 7.14 Å². The molecular formula is C18H17O2P. The van der Waals surface area contributed by atoms with Crippen molar-refractivity contribution in [3.8, 4) is 0 Å². The highest BCUT2D eigenvalue weighted by Gasteiger charge is 2.31. The molecule has 0 spiro atoms. The van der Waals surface area contributed by atoms with E-state index in [4.69, 9.17) is 0 Å². The number of hydrogen-bond donors (Lipinski definition) is 0. The number of Topliss-reactive ketones (excluding diaryl/α,β-unsaturated/α-hetero) is 1. The van der Waals surface area contributed by atoms with Crippen molar-refractivity contribution >= 4 is 18.2 Å². The van der Waals surface area contributed by atoms with Crippen molar-refractivity contribution in [3.63, 3.8) is 0 Å². The summed E-state index contributed by atoms with van der Waals surface area (Å²) in [5.74, 6) is 2.11. The molecule has 0 bridgehead atoms. The first kappa shape index (κ1) is 14.0. The Morgan fingerprint density at radius 1 is 1.05 bits per heavy atom. The number of hydrogen-bond acceptors (Lipinski definition) is 2. The molecule has 0 fully saturated rings. The van der Waals surface area contributed by atoms with Crippen molar-refractivity contribution in [2.75, 3.05) is 6.16 Å². The van der Waals surface area contributed by atoms with E-state index in [2.05, 4.69) is 0 Å². The van der Waals surface area contributed by atoms with Gasteiger partial charge in [-0.05, 0) is 18.3 Å². The first-order valence-corrected chi connectivity index (χ1v) is 8.99. The Morgan fingerprint density at radius 3 is 2.33 bits per heavy atom. The molecular weight excluding hydrogens is 279 g/mol. The summed E-state index contributed by atoms with van der Waals surface area (Å²) in [6, 6.07) is 17.3. The molecule has 106 valence electrons. The first-order chi connectivity index (χ1) is 10.1. The third-order valence-electron chi connectivity index (χ3n) is 3.97. The van der Waals surface area contributed by atoms with Crippen LogP contribution in [0.2, 0.25) is 0 Å². The predicted octanol–water partition coefficient (Wildman–Crippen LogP) is 4.19. The Bertz CT molecular complexity index is 730. The topological polar surface area (TPSA) is 34.1 Å². The fourth-order valence-electron chi connectivity index (χ4n) is 2.71. The monoisotopic (exact) mass is 296 g/mol. The Balaban J connectivity index is 1.83. The molecule has 1 heterocycles.